The first-order chi connectivity index (χ1) is 17.3. The van der Waals surface area contributed by atoms with Crippen molar-refractivity contribution in [2.24, 2.45) is 0 Å². The SMILES string of the molecule is COC(=O)C1CN(Cc2ccc(C)cc2)CCS(=O)(=O)N1Cc1cn(Cc2ccc(OC)cc2)nn1. The van der Waals surface area contributed by atoms with Crippen molar-refractivity contribution in [1.29, 1.82) is 0 Å². The lowest BCUT2D eigenvalue weighted by atomic mass is 10.1. The Labute approximate surface area is 211 Å². The van der Waals surface area contributed by atoms with E-state index in [-0.39, 0.29) is 18.8 Å². The topological polar surface area (TPSA) is 107 Å². The molecule has 0 amide bonds. The van der Waals surface area contributed by atoms with Crippen LogP contribution in [-0.2, 0) is 39.2 Å². The normalized spacial score (nSPS) is 18.5. The standard InChI is InChI=1S/C25H31N5O5S/c1-19-4-6-20(7-5-19)14-28-12-13-36(32,33)30(24(18-28)25(31)35-3)17-22-16-29(27-26-22)15-21-8-10-23(34-2)11-9-21/h4-11,16,24H,12-15,17-18H2,1-3H3. The van der Waals surface area contributed by atoms with E-state index in [4.69, 9.17) is 9.47 Å². The fourth-order valence-corrected chi connectivity index (χ4v) is 5.77. The third-order valence-electron chi connectivity index (χ3n) is 6.21. The maximum absolute atomic E-state index is 13.3. The lowest BCUT2D eigenvalue weighted by Crippen LogP contribution is -2.48. The van der Waals surface area contributed by atoms with Crippen LogP contribution < -0.4 is 4.74 Å². The molecule has 11 heteroatoms. The van der Waals surface area contributed by atoms with Gasteiger partial charge in [0.15, 0.2) is 0 Å². The summed E-state index contributed by atoms with van der Waals surface area (Å²) in [5, 5.41) is 8.31. The van der Waals surface area contributed by atoms with Gasteiger partial charge in [-0.2, -0.15) is 4.31 Å². The number of hydrogen-bond acceptors (Lipinski definition) is 8. The number of sulfonamides is 1. The highest BCUT2D eigenvalue weighted by atomic mass is 32.2. The van der Waals surface area contributed by atoms with Crippen molar-refractivity contribution in [3.05, 3.63) is 77.1 Å². The minimum absolute atomic E-state index is 0.0664. The number of hydrogen-bond donors (Lipinski definition) is 0. The van der Waals surface area contributed by atoms with E-state index in [1.54, 1.807) is 18.0 Å². The summed E-state index contributed by atoms with van der Waals surface area (Å²) in [7, 11) is -0.870. The smallest absolute Gasteiger partial charge is 0.325 e. The van der Waals surface area contributed by atoms with Gasteiger partial charge in [-0.15, -0.1) is 5.10 Å². The van der Waals surface area contributed by atoms with E-state index in [1.807, 2.05) is 60.4 Å². The molecule has 4 rings (SSSR count). The van der Waals surface area contributed by atoms with Crippen molar-refractivity contribution < 1.29 is 22.7 Å². The maximum atomic E-state index is 13.3. The van der Waals surface area contributed by atoms with Crippen LogP contribution in [0.1, 0.15) is 22.4 Å². The van der Waals surface area contributed by atoms with Crippen molar-refractivity contribution in [2.45, 2.75) is 32.6 Å². The van der Waals surface area contributed by atoms with Crippen molar-refractivity contribution in [1.82, 2.24) is 24.2 Å². The molecule has 1 aromatic heterocycles. The molecular formula is C25H31N5O5S. The van der Waals surface area contributed by atoms with Crippen LogP contribution in [0, 0.1) is 6.92 Å². The zero-order valence-corrected chi connectivity index (χ0v) is 21.5. The predicted octanol–water partition coefficient (Wildman–Crippen LogP) is 1.83. The minimum Gasteiger partial charge on any atom is -0.497 e. The number of aryl methyl sites for hydroxylation is 1. The first-order valence-electron chi connectivity index (χ1n) is 11.6. The predicted molar refractivity (Wildman–Crippen MR) is 134 cm³/mol. The molecule has 1 fully saturated rings. The largest absolute Gasteiger partial charge is 0.497 e. The van der Waals surface area contributed by atoms with Gasteiger partial charge in [0.25, 0.3) is 0 Å². The van der Waals surface area contributed by atoms with Crippen molar-refractivity contribution >= 4 is 16.0 Å². The molecule has 0 spiro atoms. The van der Waals surface area contributed by atoms with Gasteiger partial charge >= 0.3 is 5.97 Å². The number of ether oxygens (including phenoxy) is 2. The highest BCUT2D eigenvalue weighted by Crippen LogP contribution is 2.21. The summed E-state index contributed by atoms with van der Waals surface area (Å²) in [6.45, 7) is 3.48. The zero-order valence-electron chi connectivity index (χ0n) is 20.7. The Kier molecular flexibility index (Phi) is 8.02. The summed E-state index contributed by atoms with van der Waals surface area (Å²) in [5.74, 6) is 0.0569. The molecule has 1 saturated heterocycles. The number of benzene rings is 2. The molecule has 0 N–H and O–H groups in total. The van der Waals surface area contributed by atoms with Crippen LogP contribution in [0.3, 0.4) is 0 Å². The summed E-state index contributed by atoms with van der Waals surface area (Å²) in [6.07, 6.45) is 1.70. The van der Waals surface area contributed by atoms with Gasteiger partial charge in [0.1, 0.15) is 11.8 Å². The van der Waals surface area contributed by atoms with Gasteiger partial charge in [-0.3, -0.25) is 9.69 Å². The summed E-state index contributed by atoms with van der Waals surface area (Å²) < 4.78 is 39.6. The average molecular weight is 514 g/mol. The highest BCUT2D eigenvalue weighted by Gasteiger charge is 2.40. The van der Waals surface area contributed by atoms with Crippen LogP contribution in [0.4, 0.5) is 0 Å². The fourth-order valence-electron chi connectivity index (χ4n) is 4.18. The van der Waals surface area contributed by atoms with Crippen LogP contribution >= 0.6 is 0 Å². The van der Waals surface area contributed by atoms with Crippen LogP contribution in [0.2, 0.25) is 0 Å². The monoisotopic (exact) mass is 513 g/mol. The van der Waals surface area contributed by atoms with E-state index in [2.05, 4.69) is 10.3 Å². The minimum atomic E-state index is -3.75. The second-order valence-corrected chi connectivity index (χ2v) is 10.9. The summed E-state index contributed by atoms with van der Waals surface area (Å²) in [4.78, 5) is 14.7. The Balaban J connectivity index is 1.51. The zero-order chi connectivity index (χ0) is 25.7. The number of aromatic nitrogens is 3. The Bertz CT molecular complexity index is 1270. The van der Waals surface area contributed by atoms with Gasteiger partial charge in [0, 0.05) is 19.6 Å². The van der Waals surface area contributed by atoms with Crippen molar-refractivity contribution in [2.75, 3.05) is 33.1 Å². The van der Waals surface area contributed by atoms with Crippen molar-refractivity contribution in [3.8, 4) is 5.75 Å². The first kappa shape index (κ1) is 25.8. The fraction of sp³-hybridized carbons (Fsp3) is 0.400. The summed E-state index contributed by atoms with van der Waals surface area (Å²) in [6, 6.07) is 14.7. The molecule has 2 aromatic carbocycles. The van der Waals surface area contributed by atoms with Gasteiger partial charge in [0.05, 0.1) is 45.0 Å². The lowest BCUT2D eigenvalue weighted by Gasteiger charge is -2.28. The van der Waals surface area contributed by atoms with Gasteiger partial charge in [-0.25, -0.2) is 13.1 Å². The molecule has 0 saturated carbocycles. The molecule has 3 aromatic rings. The third-order valence-corrected chi connectivity index (χ3v) is 8.01. The molecule has 10 nitrogen and oxygen atoms in total. The quantitative estimate of drug-likeness (QED) is 0.420. The highest BCUT2D eigenvalue weighted by molar-refractivity contribution is 7.89. The second kappa shape index (κ2) is 11.2. The molecule has 0 radical (unpaired) electrons. The Morgan fingerprint density at radius 3 is 2.33 bits per heavy atom. The molecule has 1 aliphatic heterocycles. The molecular weight excluding hydrogens is 482 g/mol. The molecule has 1 aliphatic rings. The number of rotatable bonds is 8. The van der Waals surface area contributed by atoms with E-state index in [0.717, 1.165) is 22.4 Å². The molecule has 0 bridgehead atoms. The van der Waals surface area contributed by atoms with Gasteiger partial charge in [-0.1, -0.05) is 47.2 Å². The van der Waals surface area contributed by atoms with E-state index in [0.29, 0.717) is 25.3 Å². The Morgan fingerprint density at radius 2 is 1.67 bits per heavy atom. The summed E-state index contributed by atoms with van der Waals surface area (Å²) in [5.41, 5.74) is 3.65. The number of esters is 1. The van der Waals surface area contributed by atoms with E-state index >= 15 is 0 Å². The molecule has 0 aliphatic carbocycles. The molecule has 36 heavy (non-hydrogen) atoms. The van der Waals surface area contributed by atoms with Crippen LogP contribution in [0.25, 0.3) is 0 Å². The second-order valence-electron chi connectivity index (χ2n) is 8.88. The van der Waals surface area contributed by atoms with E-state index < -0.39 is 22.0 Å². The van der Waals surface area contributed by atoms with Gasteiger partial charge < -0.3 is 9.47 Å². The Hall–Kier alpha value is -3.28. The van der Waals surface area contributed by atoms with Gasteiger partial charge in [-0.05, 0) is 30.2 Å². The van der Waals surface area contributed by atoms with E-state index in [1.165, 1.54) is 11.4 Å². The van der Waals surface area contributed by atoms with Crippen molar-refractivity contribution in [3.63, 3.8) is 0 Å². The average Bonchev–Trinajstić information content (AvgIpc) is 3.27. The van der Waals surface area contributed by atoms with Crippen LogP contribution in [-0.4, -0.2) is 77.7 Å². The third kappa shape index (κ3) is 6.28. The number of nitrogens with zero attached hydrogens (tertiary/aromatic N) is 5. The van der Waals surface area contributed by atoms with Gasteiger partial charge in [0.2, 0.25) is 10.0 Å². The molecule has 1 unspecified atom stereocenters. The Morgan fingerprint density at radius 1 is 1.00 bits per heavy atom. The molecule has 192 valence electrons. The number of carbonyl (C=O) groups excluding carboxylic acids is 1. The maximum Gasteiger partial charge on any atom is 0.325 e. The summed E-state index contributed by atoms with van der Waals surface area (Å²) >= 11 is 0. The van der Waals surface area contributed by atoms with E-state index in [9.17, 15) is 13.2 Å². The van der Waals surface area contributed by atoms with Crippen LogP contribution in [0.15, 0.2) is 54.7 Å². The number of methoxy groups -OCH3 is 2. The number of carbonyl (C=O) groups is 1. The first-order valence-corrected chi connectivity index (χ1v) is 13.3. The molecule has 1 atom stereocenters. The van der Waals surface area contributed by atoms with Crippen LogP contribution in [0.5, 0.6) is 5.75 Å². The molecule has 2 heterocycles. The lowest BCUT2D eigenvalue weighted by molar-refractivity contribution is -0.145.